The van der Waals surface area contributed by atoms with E-state index in [0.29, 0.717) is 11.6 Å². The molecule has 0 bridgehead atoms. The molecule has 19 heavy (non-hydrogen) atoms. The van der Waals surface area contributed by atoms with Gasteiger partial charge < -0.3 is 10.4 Å². The summed E-state index contributed by atoms with van der Waals surface area (Å²) in [5, 5.41) is 13.7. The zero-order valence-corrected chi connectivity index (χ0v) is 12.0. The van der Waals surface area contributed by atoms with Crippen molar-refractivity contribution in [3.63, 3.8) is 0 Å². The second-order valence-corrected chi connectivity index (χ2v) is 4.97. The predicted octanol–water partition coefficient (Wildman–Crippen LogP) is 4.53. The van der Waals surface area contributed by atoms with Crippen molar-refractivity contribution >= 4 is 17.3 Å². The molecule has 0 unspecified atom stereocenters. The van der Waals surface area contributed by atoms with Crippen LogP contribution in [0, 0.1) is 6.92 Å². The van der Waals surface area contributed by atoms with Gasteiger partial charge in [0.05, 0.1) is 5.02 Å². The van der Waals surface area contributed by atoms with Crippen LogP contribution in [0.25, 0.3) is 0 Å². The van der Waals surface area contributed by atoms with Crippen LogP contribution in [0.3, 0.4) is 0 Å². The molecule has 0 radical (unpaired) electrons. The molecule has 0 fully saturated rings. The molecule has 0 heterocycles. The first-order valence-electron chi connectivity index (χ1n) is 6.42. The second kappa shape index (κ2) is 5.98. The molecule has 0 spiro atoms. The largest absolute Gasteiger partial charge is 0.506 e. The smallest absolute Gasteiger partial charge is 0.139 e. The maximum absolute atomic E-state index is 9.90. The minimum Gasteiger partial charge on any atom is -0.506 e. The summed E-state index contributed by atoms with van der Waals surface area (Å²) in [5.74, 6) is 0.156. The van der Waals surface area contributed by atoms with E-state index in [4.69, 9.17) is 11.6 Å². The van der Waals surface area contributed by atoms with Gasteiger partial charge in [-0.3, -0.25) is 0 Å². The van der Waals surface area contributed by atoms with Crippen molar-refractivity contribution in [2.45, 2.75) is 26.8 Å². The lowest BCUT2D eigenvalue weighted by atomic mass is 10.1. The van der Waals surface area contributed by atoms with Gasteiger partial charge in [-0.2, -0.15) is 0 Å². The van der Waals surface area contributed by atoms with Gasteiger partial charge >= 0.3 is 0 Å². The first-order chi connectivity index (χ1) is 9.13. The molecular weight excluding hydrogens is 258 g/mol. The van der Waals surface area contributed by atoms with Gasteiger partial charge in [-0.15, -0.1) is 0 Å². The van der Waals surface area contributed by atoms with E-state index in [-0.39, 0.29) is 5.75 Å². The van der Waals surface area contributed by atoms with Gasteiger partial charge in [0.15, 0.2) is 0 Å². The van der Waals surface area contributed by atoms with Crippen LogP contribution in [0.4, 0.5) is 5.69 Å². The Morgan fingerprint density at radius 2 is 1.79 bits per heavy atom. The van der Waals surface area contributed by atoms with Gasteiger partial charge in [-0.05, 0) is 30.5 Å². The number of phenolic OH excluding ortho intramolecular Hbond substituents is 1. The molecule has 0 saturated carbocycles. The molecule has 2 N–H and O–H groups in total. The van der Waals surface area contributed by atoms with E-state index in [0.717, 1.165) is 17.7 Å². The second-order valence-electron chi connectivity index (χ2n) is 4.56. The summed E-state index contributed by atoms with van der Waals surface area (Å²) >= 11 is 5.91. The van der Waals surface area contributed by atoms with Gasteiger partial charge in [-0.1, -0.05) is 48.9 Å². The number of rotatable bonds is 4. The van der Waals surface area contributed by atoms with Crippen LogP contribution in [-0.4, -0.2) is 5.11 Å². The summed E-state index contributed by atoms with van der Waals surface area (Å²) in [6.45, 7) is 4.78. The van der Waals surface area contributed by atoms with Crippen molar-refractivity contribution in [3.05, 3.63) is 58.1 Å². The van der Waals surface area contributed by atoms with Crippen LogP contribution < -0.4 is 5.32 Å². The van der Waals surface area contributed by atoms with Gasteiger partial charge in [0.25, 0.3) is 0 Å². The number of hydrogen-bond donors (Lipinski definition) is 2. The molecule has 2 nitrogen and oxygen atoms in total. The summed E-state index contributed by atoms with van der Waals surface area (Å²) in [4.78, 5) is 0. The molecule has 0 saturated heterocycles. The first kappa shape index (κ1) is 13.8. The van der Waals surface area contributed by atoms with Crippen LogP contribution in [0.1, 0.15) is 23.6 Å². The van der Waals surface area contributed by atoms with Crippen LogP contribution in [-0.2, 0) is 13.0 Å². The fourth-order valence-electron chi connectivity index (χ4n) is 2.16. The average molecular weight is 276 g/mol. The molecule has 0 aliphatic carbocycles. The van der Waals surface area contributed by atoms with E-state index in [2.05, 4.69) is 37.4 Å². The molecule has 0 aliphatic heterocycles. The fraction of sp³-hybridized carbons (Fsp3) is 0.250. The summed E-state index contributed by atoms with van der Waals surface area (Å²) in [6.07, 6.45) is 0.978. The zero-order chi connectivity index (χ0) is 13.8. The Balaban J connectivity index is 2.21. The van der Waals surface area contributed by atoms with Gasteiger partial charge in [-0.25, -0.2) is 0 Å². The highest BCUT2D eigenvalue weighted by molar-refractivity contribution is 6.32. The van der Waals surface area contributed by atoms with Crippen LogP contribution in [0.2, 0.25) is 5.02 Å². The Hall–Kier alpha value is -1.67. The highest BCUT2D eigenvalue weighted by atomic mass is 35.5. The maximum Gasteiger partial charge on any atom is 0.139 e. The average Bonchev–Trinajstić information content (AvgIpc) is 2.41. The fourth-order valence-corrected chi connectivity index (χ4v) is 2.36. The number of benzene rings is 2. The highest BCUT2D eigenvalue weighted by Gasteiger charge is 2.07. The minimum absolute atomic E-state index is 0.156. The lowest BCUT2D eigenvalue weighted by Gasteiger charge is -2.15. The summed E-state index contributed by atoms with van der Waals surface area (Å²) in [6, 6.07) is 11.7. The number of anilines is 1. The quantitative estimate of drug-likeness (QED) is 0.859. The van der Waals surface area contributed by atoms with Crippen molar-refractivity contribution in [1.29, 1.82) is 0 Å². The van der Waals surface area contributed by atoms with Crippen LogP contribution >= 0.6 is 11.6 Å². The molecule has 2 aromatic carbocycles. The van der Waals surface area contributed by atoms with Gasteiger partial charge in [0.1, 0.15) is 5.75 Å². The van der Waals surface area contributed by atoms with Crippen molar-refractivity contribution in [1.82, 2.24) is 0 Å². The molecular formula is C16H18ClNO. The lowest BCUT2D eigenvalue weighted by Crippen LogP contribution is -2.04. The Morgan fingerprint density at radius 3 is 2.53 bits per heavy atom. The number of halogens is 1. The molecule has 2 aromatic rings. The molecule has 0 aromatic heterocycles. The van der Waals surface area contributed by atoms with Crippen LogP contribution in [0.5, 0.6) is 5.75 Å². The maximum atomic E-state index is 9.90. The first-order valence-corrected chi connectivity index (χ1v) is 6.80. The van der Waals surface area contributed by atoms with Crippen molar-refractivity contribution in [2.75, 3.05) is 5.32 Å². The minimum atomic E-state index is 0.156. The zero-order valence-electron chi connectivity index (χ0n) is 11.2. The Bertz CT molecular complexity index is 581. The van der Waals surface area contributed by atoms with E-state index in [1.807, 2.05) is 12.1 Å². The van der Waals surface area contributed by atoms with Crippen molar-refractivity contribution in [3.8, 4) is 5.75 Å². The van der Waals surface area contributed by atoms with E-state index in [9.17, 15) is 5.11 Å². The third kappa shape index (κ3) is 3.02. The summed E-state index contributed by atoms with van der Waals surface area (Å²) in [7, 11) is 0. The number of nitrogens with one attached hydrogen (secondary N) is 1. The summed E-state index contributed by atoms with van der Waals surface area (Å²) in [5.41, 5.74) is 4.43. The van der Waals surface area contributed by atoms with E-state index < -0.39 is 0 Å². The SMILES string of the molecule is CCc1cccc(C)c1NCc1cccc(Cl)c1O. The topological polar surface area (TPSA) is 32.3 Å². The lowest BCUT2D eigenvalue weighted by molar-refractivity contribution is 0.469. The Morgan fingerprint density at radius 1 is 1.11 bits per heavy atom. The van der Waals surface area contributed by atoms with Crippen LogP contribution in [0.15, 0.2) is 36.4 Å². The third-order valence-electron chi connectivity index (χ3n) is 3.27. The summed E-state index contributed by atoms with van der Waals surface area (Å²) < 4.78 is 0. The number of para-hydroxylation sites is 2. The molecule has 3 heteroatoms. The number of aromatic hydroxyl groups is 1. The molecule has 0 atom stereocenters. The van der Waals surface area contributed by atoms with Crippen molar-refractivity contribution in [2.24, 2.45) is 0 Å². The normalized spacial score (nSPS) is 10.5. The monoisotopic (exact) mass is 275 g/mol. The van der Waals surface area contributed by atoms with Gasteiger partial charge in [0, 0.05) is 17.8 Å². The molecule has 0 amide bonds. The van der Waals surface area contributed by atoms with E-state index in [1.165, 1.54) is 11.1 Å². The Kier molecular flexibility index (Phi) is 4.33. The predicted molar refractivity (Wildman–Crippen MR) is 81.0 cm³/mol. The number of aryl methyl sites for hydroxylation is 2. The molecule has 0 aliphatic rings. The standard InChI is InChI=1S/C16H18ClNO/c1-3-12-7-4-6-11(2)15(12)18-10-13-8-5-9-14(17)16(13)19/h4-9,18-19H,3,10H2,1-2H3. The highest BCUT2D eigenvalue weighted by Crippen LogP contribution is 2.28. The third-order valence-corrected chi connectivity index (χ3v) is 3.57. The van der Waals surface area contributed by atoms with E-state index >= 15 is 0 Å². The number of hydrogen-bond acceptors (Lipinski definition) is 2. The van der Waals surface area contributed by atoms with E-state index in [1.54, 1.807) is 6.07 Å². The number of phenols is 1. The molecule has 100 valence electrons. The Labute approximate surface area is 119 Å². The van der Waals surface area contributed by atoms with Crippen molar-refractivity contribution < 1.29 is 5.11 Å². The molecule has 2 rings (SSSR count). The van der Waals surface area contributed by atoms with Gasteiger partial charge in [0.2, 0.25) is 0 Å².